The molecule has 1 aromatic heterocycles. The SMILES string of the molecule is NC(=O)N(Cc1cccc(F)c1)C(=O)CCc1c[nH]c2c(Cl)c(F)ccc12. The molecule has 0 fully saturated rings. The van der Waals surface area contributed by atoms with Crippen LogP contribution < -0.4 is 5.73 Å². The zero-order valence-corrected chi connectivity index (χ0v) is 14.9. The fourth-order valence-electron chi connectivity index (χ4n) is 2.89. The van der Waals surface area contributed by atoms with Crippen LogP contribution in [0.3, 0.4) is 0 Å². The summed E-state index contributed by atoms with van der Waals surface area (Å²) in [4.78, 5) is 27.9. The summed E-state index contributed by atoms with van der Waals surface area (Å²) in [6, 6.07) is 7.51. The average Bonchev–Trinajstić information content (AvgIpc) is 3.04. The smallest absolute Gasteiger partial charge is 0.321 e. The lowest BCUT2D eigenvalue weighted by molar-refractivity contribution is -0.128. The molecule has 3 amide bonds. The lowest BCUT2D eigenvalue weighted by atomic mass is 10.1. The molecule has 0 aliphatic rings. The summed E-state index contributed by atoms with van der Waals surface area (Å²) in [7, 11) is 0. The Morgan fingerprint density at radius 2 is 1.96 bits per heavy atom. The number of aromatic nitrogens is 1. The number of rotatable bonds is 5. The number of H-pyrrole nitrogens is 1. The van der Waals surface area contributed by atoms with E-state index in [1.165, 1.54) is 24.3 Å². The summed E-state index contributed by atoms with van der Waals surface area (Å²) in [6.45, 7) is -0.114. The molecule has 0 unspecified atom stereocenters. The second kappa shape index (κ2) is 7.75. The molecule has 5 nitrogen and oxygen atoms in total. The number of nitrogens with two attached hydrogens (primary N) is 1. The summed E-state index contributed by atoms with van der Waals surface area (Å²) < 4.78 is 26.8. The lowest BCUT2D eigenvalue weighted by Gasteiger charge is -2.18. The Morgan fingerprint density at radius 3 is 2.67 bits per heavy atom. The number of amides is 3. The normalized spacial score (nSPS) is 10.9. The second-order valence-electron chi connectivity index (χ2n) is 6.05. The third kappa shape index (κ3) is 4.09. The van der Waals surface area contributed by atoms with Gasteiger partial charge in [0.15, 0.2) is 0 Å². The Morgan fingerprint density at radius 1 is 1.19 bits per heavy atom. The van der Waals surface area contributed by atoms with E-state index >= 15 is 0 Å². The van der Waals surface area contributed by atoms with E-state index < -0.39 is 23.6 Å². The monoisotopic (exact) mass is 391 g/mol. The van der Waals surface area contributed by atoms with Crippen molar-refractivity contribution in [1.82, 2.24) is 9.88 Å². The fourth-order valence-corrected chi connectivity index (χ4v) is 3.11. The van der Waals surface area contributed by atoms with Crippen LogP contribution in [-0.4, -0.2) is 21.8 Å². The van der Waals surface area contributed by atoms with Crippen LogP contribution >= 0.6 is 11.6 Å². The number of halogens is 3. The molecule has 0 aliphatic carbocycles. The molecular weight excluding hydrogens is 376 g/mol. The lowest BCUT2D eigenvalue weighted by Crippen LogP contribution is -2.40. The minimum Gasteiger partial charge on any atom is -0.360 e. The number of nitrogens with zero attached hydrogens (tertiary/aromatic N) is 1. The Labute approximate surface area is 158 Å². The molecular formula is C19H16ClF2N3O2. The molecule has 2 aromatic carbocycles. The number of aryl methyl sites for hydroxylation is 1. The first-order chi connectivity index (χ1) is 12.9. The van der Waals surface area contributed by atoms with E-state index in [0.717, 1.165) is 10.5 Å². The standard InChI is InChI=1S/C19H16ClF2N3O2/c20-17-15(22)6-5-14-12(9-24-18(14)17)4-7-16(26)25(19(23)27)10-11-2-1-3-13(21)8-11/h1-3,5-6,8-9,24H,4,7,10H2,(H2,23,27). The molecule has 27 heavy (non-hydrogen) atoms. The highest BCUT2D eigenvalue weighted by Crippen LogP contribution is 2.28. The molecule has 0 atom stereocenters. The Hall–Kier alpha value is -2.93. The van der Waals surface area contributed by atoms with Crippen molar-refractivity contribution in [2.24, 2.45) is 5.73 Å². The molecule has 3 rings (SSSR count). The van der Waals surface area contributed by atoms with Crippen LogP contribution in [0.2, 0.25) is 5.02 Å². The molecule has 0 radical (unpaired) electrons. The third-order valence-electron chi connectivity index (χ3n) is 4.24. The van der Waals surface area contributed by atoms with Gasteiger partial charge < -0.3 is 10.7 Å². The Balaban J connectivity index is 1.73. The van der Waals surface area contributed by atoms with Crippen molar-refractivity contribution in [3.8, 4) is 0 Å². The highest BCUT2D eigenvalue weighted by atomic mass is 35.5. The first-order valence-electron chi connectivity index (χ1n) is 8.15. The van der Waals surface area contributed by atoms with Gasteiger partial charge in [-0.2, -0.15) is 0 Å². The van der Waals surface area contributed by atoms with Crippen LogP contribution in [0.4, 0.5) is 13.6 Å². The Kier molecular flexibility index (Phi) is 5.41. The number of nitrogens with one attached hydrogen (secondary N) is 1. The molecule has 8 heteroatoms. The van der Waals surface area contributed by atoms with Gasteiger partial charge in [0.1, 0.15) is 16.7 Å². The van der Waals surface area contributed by atoms with Gasteiger partial charge in [-0.25, -0.2) is 13.6 Å². The van der Waals surface area contributed by atoms with Crippen molar-refractivity contribution in [2.75, 3.05) is 0 Å². The molecule has 3 N–H and O–H groups in total. The number of benzene rings is 2. The van der Waals surface area contributed by atoms with Crippen molar-refractivity contribution < 1.29 is 18.4 Å². The van der Waals surface area contributed by atoms with Gasteiger partial charge in [-0.15, -0.1) is 0 Å². The van der Waals surface area contributed by atoms with E-state index in [1.54, 1.807) is 18.3 Å². The highest BCUT2D eigenvalue weighted by Gasteiger charge is 2.20. The number of imide groups is 1. The topological polar surface area (TPSA) is 79.2 Å². The predicted octanol–water partition coefficient (Wildman–Crippen LogP) is 4.14. The molecule has 0 spiro atoms. The summed E-state index contributed by atoms with van der Waals surface area (Å²) in [5, 5.41) is 0.680. The second-order valence-corrected chi connectivity index (χ2v) is 6.42. The molecule has 0 bridgehead atoms. The van der Waals surface area contributed by atoms with Gasteiger partial charge in [-0.05, 0) is 41.8 Å². The van der Waals surface area contributed by atoms with E-state index in [0.29, 0.717) is 22.9 Å². The van der Waals surface area contributed by atoms with E-state index in [9.17, 15) is 18.4 Å². The van der Waals surface area contributed by atoms with Gasteiger partial charge in [0.2, 0.25) is 5.91 Å². The minimum atomic E-state index is -0.909. The number of urea groups is 1. The van der Waals surface area contributed by atoms with E-state index in [4.69, 9.17) is 17.3 Å². The molecule has 0 saturated heterocycles. The van der Waals surface area contributed by atoms with Crippen LogP contribution in [0.25, 0.3) is 10.9 Å². The summed E-state index contributed by atoms with van der Waals surface area (Å²) in [5.74, 6) is -1.50. The van der Waals surface area contributed by atoms with Gasteiger partial charge in [-0.3, -0.25) is 9.69 Å². The van der Waals surface area contributed by atoms with Crippen LogP contribution in [0, 0.1) is 11.6 Å². The van der Waals surface area contributed by atoms with Gasteiger partial charge in [0, 0.05) is 18.0 Å². The van der Waals surface area contributed by atoms with E-state index in [2.05, 4.69) is 4.98 Å². The van der Waals surface area contributed by atoms with Gasteiger partial charge in [-0.1, -0.05) is 23.7 Å². The van der Waals surface area contributed by atoms with Crippen molar-refractivity contribution in [2.45, 2.75) is 19.4 Å². The molecule has 0 saturated carbocycles. The zero-order valence-electron chi connectivity index (χ0n) is 14.1. The molecule has 3 aromatic rings. The maximum absolute atomic E-state index is 13.5. The fraction of sp³-hybridized carbons (Fsp3) is 0.158. The third-order valence-corrected chi connectivity index (χ3v) is 4.61. The van der Waals surface area contributed by atoms with Gasteiger partial charge in [0.25, 0.3) is 0 Å². The number of hydrogen-bond donors (Lipinski definition) is 2. The van der Waals surface area contributed by atoms with Crippen LogP contribution in [0.5, 0.6) is 0 Å². The number of fused-ring (bicyclic) bond motifs is 1. The quantitative estimate of drug-likeness (QED) is 0.685. The summed E-state index contributed by atoms with van der Waals surface area (Å²) in [5.41, 5.74) is 6.97. The minimum absolute atomic E-state index is 0.000203. The summed E-state index contributed by atoms with van der Waals surface area (Å²) >= 11 is 5.92. The summed E-state index contributed by atoms with van der Waals surface area (Å²) in [6.07, 6.45) is 1.94. The first kappa shape index (κ1) is 18.8. The average molecular weight is 392 g/mol. The van der Waals surface area contributed by atoms with Crippen LogP contribution in [0.1, 0.15) is 17.5 Å². The van der Waals surface area contributed by atoms with Gasteiger partial charge in [0.05, 0.1) is 12.1 Å². The van der Waals surface area contributed by atoms with E-state index in [1.807, 2.05) is 0 Å². The van der Waals surface area contributed by atoms with Crippen molar-refractivity contribution in [3.63, 3.8) is 0 Å². The first-order valence-corrected chi connectivity index (χ1v) is 8.53. The number of hydrogen-bond acceptors (Lipinski definition) is 2. The Bertz CT molecular complexity index is 1020. The van der Waals surface area contributed by atoms with Crippen LogP contribution in [0.15, 0.2) is 42.6 Å². The maximum Gasteiger partial charge on any atom is 0.321 e. The number of carbonyl (C=O) groups excluding carboxylic acids is 2. The van der Waals surface area contributed by atoms with Crippen molar-refractivity contribution >= 4 is 34.4 Å². The van der Waals surface area contributed by atoms with E-state index in [-0.39, 0.29) is 18.0 Å². The molecule has 1 heterocycles. The largest absolute Gasteiger partial charge is 0.360 e. The number of primary amides is 1. The van der Waals surface area contributed by atoms with Gasteiger partial charge >= 0.3 is 6.03 Å². The van der Waals surface area contributed by atoms with Crippen molar-refractivity contribution in [1.29, 1.82) is 0 Å². The number of aromatic amines is 1. The molecule has 0 aliphatic heterocycles. The number of carbonyl (C=O) groups is 2. The highest BCUT2D eigenvalue weighted by molar-refractivity contribution is 6.35. The molecule has 140 valence electrons. The van der Waals surface area contributed by atoms with Crippen molar-refractivity contribution in [3.05, 3.63) is 70.4 Å². The predicted molar refractivity (Wildman–Crippen MR) is 98.1 cm³/mol. The maximum atomic E-state index is 13.5. The van der Waals surface area contributed by atoms with Crippen LogP contribution in [-0.2, 0) is 17.8 Å². The zero-order chi connectivity index (χ0) is 19.6.